The number of methoxy groups -OCH3 is 1. The number of benzene rings is 1. The van der Waals surface area contributed by atoms with Gasteiger partial charge in [-0.25, -0.2) is 15.0 Å². The van der Waals surface area contributed by atoms with E-state index in [1.165, 1.54) is 7.11 Å². The molecule has 12 heteroatoms. The zero-order chi connectivity index (χ0) is 29.1. The fourth-order valence-corrected chi connectivity index (χ4v) is 6.29. The van der Waals surface area contributed by atoms with E-state index in [2.05, 4.69) is 24.7 Å². The van der Waals surface area contributed by atoms with E-state index in [1.807, 2.05) is 24.3 Å². The molecule has 0 N–H and O–H groups in total. The van der Waals surface area contributed by atoms with Gasteiger partial charge < -0.3 is 19.1 Å². The minimum atomic E-state index is -0.196. The number of pyridine rings is 1. The molecule has 0 saturated carbocycles. The summed E-state index contributed by atoms with van der Waals surface area (Å²) in [5.41, 5.74) is 2.46. The van der Waals surface area contributed by atoms with Gasteiger partial charge in [-0.05, 0) is 49.2 Å². The average molecular weight is 614 g/mol. The van der Waals surface area contributed by atoms with Crippen LogP contribution in [-0.4, -0.2) is 95.9 Å². The van der Waals surface area contributed by atoms with Crippen molar-refractivity contribution in [2.45, 2.75) is 37.9 Å². The lowest BCUT2D eigenvalue weighted by molar-refractivity contribution is -0.141. The zero-order valence-electron chi connectivity index (χ0n) is 23.5. The Labute approximate surface area is 255 Å². The standard InChI is InChI=1S/C30H34Cl2N6O4/c1-40-29(39)14-24-3-2-4-38(24)17-20-9-27(21-11-22(31)13-23(32)12-21)35-28(10-20)42-26-15-33-30(34-16-26)37-7-5-36(6-8-37)25-18-41-19-25/h9-13,15-16,24-25H,2-8,14,17-19H2,1H3. The lowest BCUT2D eigenvalue weighted by Crippen LogP contribution is -2.56. The first-order valence-electron chi connectivity index (χ1n) is 14.3. The van der Waals surface area contributed by atoms with Crippen LogP contribution in [0.1, 0.15) is 24.8 Å². The number of nitrogens with zero attached hydrogens (tertiary/aromatic N) is 6. The molecule has 0 bridgehead atoms. The number of likely N-dealkylation sites (tertiary alicyclic amines) is 1. The van der Waals surface area contributed by atoms with Crippen molar-refractivity contribution < 1.29 is 19.0 Å². The van der Waals surface area contributed by atoms with Gasteiger partial charge in [-0.2, -0.15) is 0 Å². The molecule has 222 valence electrons. The first kappa shape index (κ1) is 29.1. The number of hydrogen-bond donors (Lipinski definition) is 0. The minimum absolute atomic E-state index is 0.129. The van der Waals surface area contributed by atoms with Gasteiger partial charge in [-0.3, -0.25) is 14.6 Å². The summed E-state index contributed by atoms with van der Waals surface area (Å²) >= 11 is 12.6. The van der Waals surface area contributed by atoms with Crippen LogP contribution in [0.25, 0.3) is 11.3 Å². The smallest absolute Gasteiger partial charge is 0.307 e. The molecule has 3 fully saturated rings. The maximum Gasteiger partial charge on any atom is 0.307 e. The molecule has 1 atom stereocenters. The van der Waals surface area contributed by atoms with Crippen molar-refractivity contribution in [1.82, 2.24) is 24.8 Å². The van der Waals surface area contributed by atoms with Crippen molar-refractivity contribution >= 4 is 35.1 Å². The topological polar surface area (TPSA) is 93.2 Å². The van der Waals surface area contributed by atoms with E-state index in [4.69, 9.17) is 42.4 Å². The van der Waals surface area contributed by atoms with E-state index < -0.39 is 0 Å². The number of rotatable bonds is 9. The summed E-state index contributed by atoms with van der Waals surface area (Å²) in [6.07, 6.45) is 5.72. The molecular weight excluding hydrogens is 579 g/mol. The van der Waals surface area contributed by atoms with Crippen LogP contribution in [0, 0.1) is 0 Å². The second kappa shape index (κ2) is 13.1. The Morgan fingerprint density at radius 3 is 2.40 bits per heavy atom. The van der Waals surface area contributed by atoms with Gasteiger partial charge >= 0.3 is 5.97 Å². The molecule has 0 radical (unpaired) electrons. The van der Waals surface area contributed by atoms with Crippen LogP contribution in [0.15, 0.2) is 42.7 Å². The van der Waals surface area contributed by atoms with Gasteiger partial charge in [0.1, 0.15) is 0 Å². The second-order valence-corrected chi connectivity index (χ2v) is 11.8. The second-order valence-electron chi connectivity index (χ2n) is 10.9. The minimum Gasteiger partial charge on any atom is -0.469 e. The van der Waals surface area contributed by atoms with Gasteiger partial charge in [0.25, 0.3) is 0 Å². The molecule has 42 heavy (non-hydrogen) atoms. The molecule has 6 rings (SSSR count). The fraction of sp³-hybridized carbons (Fsp3) is 0.467. The summed E-state index contributed by atoms with van der Waals surface area (Å²) < 4.78 is 16.5. The third-order valence-corrected chi connectivity index (χ3v) is 8.54. The van der Waals surface area contributed by atoms with Crippen LogP contribution in [-0.2, 0) is 20.8 Å². The monoisotopic (exact) mass is 612 g/mol. The SMILES string of the molecule is COC(=O)CC1CCCN1Cc1cc(Oc2cnc(N3CCN(C4COC4)CC3)nc2)nc(-c2cc(Cl)cc(Cl)c2)c1. The molecule has 10 nitrogen and oxygen atoms in total. The molecule has 3 aliphatic heterocycles. The first-order chi connectivity index (χ1) is 20.4. The summed E-state index contributed by atoms with van der Waals surface area (Å²) in [5, 5.41) is 1.05. The summed E-state index contributed by atoms with van der Waals surface area (Å²) in [5.74, 6) is 1.40. The highest BCUT2D eigenvalue weighted by atomic mass is 35.5. The Hall–Kier alpha value is -3.02. The molecular formula is C30H34Cl2N6O4. The highest BCUT2D eigenvalue weighted by Crippen LogP contribution is 2.31. The van der Waals surface area contributed by atoms with Crippen molar-refractivity contribution in [2.75, 3.05) is 57.9 Å². The molecule has 1 aromatic carbocycles. The van der Waals surface area contributed by atoms with Gasteiger partial charge in [0, 0.05) is 60.4 Å². The molecule has 0 amide bonds. The predicted octanol–water partition coefficient (Wildman–Crippen LogP) is 4.69. The van der Waals surface area contributed by atoms with Gasteiger partial charge in [0.2, 0.25) is 11.8 Å². The van der Waals surface area contributed by atoms with Crippen molar-refractivity contribution in [3.8, 4) is 22.9 Å². The Kier molecular flexibility index (Phi) is 9.06. The number of hydrogen-bond acceptors (Lipinski definition) is 10. The molecule has 1 unspecified atom stereocenters. The first-order valence-corrected chi connectivity index (χ1v) is 15.0. The van der Waals surface area contributed by atoms with E-state index in [0.717, 1.165) is 69.9 Å². The van der Waals surface area contributed by atoms with Crippen LogP contribution in [0.2, 0.25) is 10.0 Å². The summed E-state index contributed by atoms with van der Waals surface area (Å²) in [7, 11) is 1.43. The van der Waals surface area contributed by atoms with Gasteiger partial charge in [0.05, 0.1) is 50.9 Å². The van der Waals surface area contributed by atoms with E-state index in [9.17, 15) is 4.79 Å². The van der Waals surface area contributed by atoms with Crippen LogP contribution < -0.4 is 9.64 Å². The highest BCUT2D eigenvalue weighted by Gasteiger charge is 2.30. The maximum absolute atomic E-state index is 12.0. The number of carbonyl (C=O) groups is 1. The highest BCUT2D eigenvalue weighted by molar-refractivity contribution is 6.35. The Bertz CT molecular complexity index is 1380. The van der Waals surface area contributed by atoms with Crippen LogP contribution in [0.3, 0.4) is 0 Å². The van der Waals surface area contributed by atoms with E-state index in [0.29, 0.717) is 52.3 Å². The van der Waals surface area contributed by atoms with Crippen molar-refractivity contribution in [1.29, 1.82) is 0 Å². The largest absolute Gasteiger partial charge is 0.469 e. The average Bonchev–Trinajstić information content (AvgIpc) is 3.38. The molecule has 3 saturated heterocycles. The van der Waals surface area contributed by atoms with Crippen LogP contribution in [0.4, 0.5) is 5.95 Å². The lowest BCUT2D eigenvalue weighted by atomic mass is 10.1. The van der Waals surface area contributed by atoms with E-state index in [-0.39, 0.29) is 12.0 Å². The quantitative estimate of drug-likeness (QED) is 0.317. The number of halogens is 2. The Balaban J connectivity index is 1.20. The zero-order valence-corrected chi connectivity index (χ0v) is 25.1. The van der Waals surface area contributed by atoms with Crippen molar-refractivity contribution in [3.05, 3.63) is 58.3 Å². The van der Waals surface area contributed by atoms with Crippen LogP contribution in [0.5, 0.6) is 11.6 Å². The third kappa shape index (κ3) is 6.95. The number of esters is 1. The Morgan fingerprint density at radius 1 is 1.00 bits per heavy atom. The molecule has 0 spiro atoms. The van der Waals surface area contributed by atoms with E-state index in [1.54, 1.807) is 18.5 Å². The van der Waals surface area contributed by atoms with Gasteiger partial charge in [-0.1, -0.05) is 23.2 Å². The predicted molar refractivity (Wildman–Crippen MR) is 160 cm³/mol. The number of ether oxygens (including phenoxy) is 3. The molecule has 0 aliphatic carbocycles. The number of aromatic nitrogens is 3. The fourth-order valence-electron chi connectivity index (χ4n) is 5.76. The van der Waals surface area contributed by atoms with Crippen molar-refractivity contribution in [3.63, 3.8) is 0 Å². The summed E-state index contributed by atoms with van der Waals surface area (Å²) in [4.78, 5) is 32.9. The molecule has 3 aromatic rings. The number of carbonyl (C=O) groups excluding carboxylic acids is 1. The van der Waals surface area contributed by atoms with Gasteiger partial charge in [0.15, 0.2) is 5.75 Å². The lowest BCUT2D eigenvalue weighted by Gasteiger charge is -2.42. The third-order valence-electron chi connectivity index (χ3n) is 8.11. The van der Waals surface area contributed by atoms with Crippen molar-refractivity contribution in [2.24, 2.45) is 0 Å². The molecule has 3 aliphatic rings. The normalized spacial score (nSPS) is 20.0. The maximum atomic E-state index is 12.0. The van der Waals surface area contributed by atoms with Crippen LogP contribution >= 0.6 is 23.2 Å². The summed E-state index contributed by atoms with van der Waals surface area (Å²) in [6.45, 7) is 6.89. The molecule has 2 aromatic heterocycles. The number of piperazine rings is 1. The van der Waals surface area contributed by atoms with E-state index >= 15 is 0 Å². The van der Waals surface area contributed by atoms with Gasteiger partial charge in [-0.15, -0.1) is 0 Å². The molecule has 5 heterocycles. The summed E-state index contributed by atoms with van der Waals surface area (Å²) in [6, 6.07) is 9.95. The number of anilines is 1. The Morgan fingerprint density at radius 2 is 1.74 bits per heavy atom.